The first-order chi connectivity index (χ1) is 13.8. The zero-order chi connectivity index (χ0) is 22.1. The third-order valence-corrected chi connectivity index (χ3v) is 7.14. The molecule has 3 aromatic rings. The molecule has 30 heavy (non-hydrogen) atoms. The Morgan fingerprint density at radius 1 is 1.17 bits per heavy atom. The van der Waals surface area contributed by atoms with Gasteiger partial charge in [-0.05, 0) is 31.2 Å². The van der Waals surface area contributed by atoms with Gasteiger partial charge in [0, 0.05) is 12.5 Å². The molecule has 4 rings (SSSR count). The number of rotatable bonds is 4. The average molecular weight is 462 g/mol. The van der Waals surface area contributed by atoms with Crippen molar-refractivity contribution >= 4 is 38.3 Å². The quantitative estimate of drug-likeness (QED) is 0.519. The summed E-state index contributed by atoms with van der Waals surface area (Å²) in [5.41, 5.74) is -0.239. The Balaban J connectivity index is 1.86. The van der Waals surface area contributed by atoms with Gasteiger partial charge in [-0.25, -0.2) is 17.6 Å². The van der Waals surface area contributed by atoms with E-state index >= 15 is 0 Å². The molecule has 0 amide bonds. The van der Waals surface area contributed by atoms with Crippen molar-refractivity contribution in [2.24, 2.45) is 0 Å². The minimum Gasteiger partial charge on any atom is -0.340 e. The fourth-order valence-electron chi connectivity index (χ4n) is 3.36. The summed E-state index contributed by atoms with van der Waals surface area (Å²) in [4.78, 5) is 1.01. The summed E-state index contributed by atoms with van der Waals surface area (Å²) in [5, 5.41) is 4.48. The van der Waals surface area contributed by atoms with Crippen molar-refractivity contribution in [3.63, 3.8) is 0 Å². The molecule has 1 saturated heterocycles. The van der Waals surface area contributed by atoms with Gasteiger partial charge in [-0.2, -0.15) is 12.5 Å². The summed E-state index contributed by atoms with van der Waals surface area (Å²) in [6.07, 6.45) is 0. The fourth-order valence-corrected chi connectivity index (χ4v) is 4.89. The van der Waals surface area contributed by atoms with Crippen LogP contribution in [0.4, 0.5) is 23.4 Å². The van der Waals surface area contributed by atoms with Crippen molar-refractivity contribution in [1.29, 1.82) is 0 Å². The molecule has 2 aromatic carbocycles. The van der Waals surface area contributed by atoms with E-state index in [4.69, 9.17) is 11.6 Å². The number of aromatic nitrogens is 2. The summed E-state index contributed by atoms with van der Waals surface area (Å²) < 4.78 is 81.4. The average Bonchev–Trinajstić information content (AvgIpc) is 3.07. The predicted octanol–water partition coefficient (Wildman–Crippen LogP) is 4.88. The van der Waals surface area contributed by atoms with Gasteiger partial charge in [0.25, 0.3) is 21.9 Å². The van der Waals surface area contributed by atoms with Gasteiger partial charge in [0.1, 0.15) is 0 Å². The van der Waals surface area contributed by atoms with Gasteiger partial charge >= 0.3 is 0 Å². The lowest BCUT2D eigenvalue weighted by atomic mass is 9.99. The molecule has 0 radical (unpaired) electrons. The molecular weight excluding hydrogens is 446 g/mol. The molecule has 11 heteroatoms. The van der Waals surface area contributed by atoms with Gasteiger partial charge in [0.05, 0.1) is 33.4 Å². The lowest BCUT2D eigenvalue weighted by Gasteiger charge is -2.46. The smallest absolute Gasteiger partial charge is 0.284 e. The number of benzene rings is 2. The molecule has 5 nitrogen and oxygen atoms in total. The first-order valence-corrected chi connectivity index (χ1v) is 10.7. The van der Waals surface area contributed by atoms with Gasteiger partial charge in [0.2, 0.25) is 0 Å². The molecule has 0 spiro atoms. The maximum absolute atomic E-state index is 13.7. The van der Waals surface area contributed by atoms with Crippen LogP contribution in [0, 0.1) is 0 Å². The summed E-state index contributed by atoms with van der Waals surface area (Å²) in [6, 6.07) is 7.43. The summed E-state index contributed by atoms with van der Waals surface area (Å²) in [7, 11) is -4.30. The minimum atomic E-state index is -4.30. The third-order valence-electron chi connectivity index (χ3n) is 5.23. The Labute approximate surface area is 174 Å². The summed E-state index contributed by atoms with van der Waals surface area (Å²) in [6.45, 7) is 1.39. The molecule has 2 heterocycles. The molecule has 1 aliphatic heterocycles. The Hall–Kier alpha value is -2.33. The van der Waals surface area contributed by atoms with E-state index in [1.807, 2.05) is 0 Å². The predicted molar refractivity (Wildman–Crippen MR) is 105 cm³/mol. The number of nitrogens with zero attached hydrogens (tertiary/aromatic N) is 3. The first kappa shape index (κ1) is 20.9. The highest BCUT2D eigenvalue weighted by atomic mass is 35.5. The number of alkyl halides is 4. The van der Waals surface area contributed by atoms with Crippen LogP contribution < -0.4 is 4.90 Å². The Morgan fingerprint density at radius 3 is 2.33 bits per heavy atom. The van der Waals surface area contributed by atoms with Crippen LogP contribution in [-0.4, -0.2) is 36.1 Å². The van der Waals surface area contributed by atoms with Gasteiger partial charge in [-0.3, -0.25) is 0 Å². The molecule has 1 atom stereocenters. The number of hydrogen-bond acceptors (Lipinski definition) is 4. The van der Waals surface area contributed by atoms with Crippen LogP contribution in [0.5, 0.6) is 0 Å². The molecule has 0 bridgehead atoms. The third kappa shape index (κ3) is 3.13. The highest BCUT2D eigenvalue weighted by Gasteiger charge is 2.53. The van der Waals surface area contributed by atoms with Crippen LogP contribution >= 0.6 is 11.6 Å². The van der Waals surface area contributed by atoms with Crippen molar-refractivity contribution in [1.82, 2.24) is 9.19 Å². The van der Waals surface area contributed by atoms with Gasteiger partial charge < -0.3 is 4.90 Å². The van der Waals surface area contributed by atoms with Crippen molar-refractivity contribution in [3.8, 4) is 0 Å². The van der Waals surface area contributed by atoms with Crippen LogP contribution in [0.3, 0.4) is 0 Å². The number of halogens is 5. The SMILES string of the molecule is C[C@@H]1N(c2nn(S(=O)(=O)c3ccc(C(C)(F)F)cc3)c3cccc(Cl)c23)CC1(F)F. The highest BCUT2D eigenvalue weighted by Crippen LogP contribution is 2.43. The van der Waals surface area contributed by atoms with Crippen LogP contribution in [-0.2, 0) is 15.9 Å². The Kier molecular flexibility index (Phi) is 4.59. The lowest BCUT2D eigenvalue weighted by Crippen LogP contribution is -2.64. The molecular formula is C19H16ClF4N3O2S. The monoisotopic (exact) mass is 461 g/mol. The Bertz CT molecular complexity index is 1240. The standard InChI is InChI=1S/C19H16ClF4N3O2S/c1-11-19(23,24)10-26(11)17-16-14(20)4-3-5-15(16)27(25-17)30(28,29)13-8-6-12(7-9-13)18(2,21)22/h3-9,11H,10H2,1-2H3/t11-/m0/s1. The van der Waals surface area contributed by atoms with Gasteiger partial charge in [0.15, 0.2) is 5.82 Å². The molecule has 0 unspecified atom stereocenters. The van der Waals surface area contributed by atoms with Crippen molar-refractivity contribution in [2.75, 3.05) is 11.4 Å². The van der Waals surface area contributed by atoms with Crippen LogP contribution in [0.2, 0.25) is 5.02 Å². The van der Waals surface area contributed by atoms with E-state index in [-0.39, 0.29) is 32.2 Å². The molecule has 0 N–H and O–H groups in total. The minimum absolute atomic E-state index is 0.0225. The fraction of sp³-hybridized carbons (Fsp3) is 0.316. The number of fused-ring (bicyclic) bond motifs is 1. The van der Waals surface area contributed by atoms with Crippen molar-refractivity contribution < 1.29 is 26.0 Å². The van der Waals surface area contributed by atoms with Gasteiger partial charge in [-0.1, -0.05) is 29.8 Å². The molecule has 0 saturated carbocycles. The maximum atomic E-state index is 13.7. The van der Waals surface area contributed by atoms with E-state index in [9.17, 15) is 26.0 Å². The van der Waals surface area contributed by atoms with E-state index in [0.29, 0.717) is 11.0 Å². The van der Waals surface area contributed by atoms with E-state index in [1.165, 1.54) is 30.0 Å². The lowest BCUT2D eigenvalue weighted by molar-refractivity contribution is -0.0642. The van der Waals surface area contributed by atoms with Crippen molar-refractivity contribution in [2.45, 2.75) is 36.6 Å². The summed E-state index contributed by atoms with van der Waals surface area (Å²) >= 11 is 6.24. The Morgan fingerprint density at radius 2 is 1.80 bits per heavy atom. The van der Waals surface area contributed by atoms with Crippen LogP contribution in [0.15, 0.2) is 47.4 Å². The van der Waals surface area contributed by atoms with Crippen LogP contribution in [0.1, 0.15) is 19.4 Å². The normalized spacial score (nSPS) is 19.2. The topological polar surface area (TPSA) is 55.2 Å². The molecule has 1 aliphatic rings. The molecule has 0 aliphatic carbocycles. The largest absolute Gasteiger partial charge is 0.340 e. The van der Waals surface area contributed by atoms with E-state index in [1.54, 1.807) is 0 Å². The number of hydrogen-bond donors (Lipinski definition) is 0. The van der Waals surface area contributed by atoms with Crippen molar-refractivity contribution in [3.05, 3.63) is 53.1 Å². The van der Waals surface area contributed by atoms with E-state index in [2.05, 4.69) is 5.10 Å². The zero-order valence-corrected chi connectivity index (χ0v) is 17.4. The molecule has 1 fully saturated rings. The second kappa shape index (κ2) is 6.58. The molecule has 160 valence electrons. The highest BCUT2D eigenvalue weighted by molar-refractivity contribution is 7.90. The van der Waals surface area contributed by atoms with E-state index in [0.717, 1.165) is 24.3 Å². The van der Waals surface area contributed by atoms with Crippen LogP contribution in [0.25, 0.3) is 10.9 Å². The van der Waals surface area contributed by atoms with Gasteiger partial charge in [-0.15, -0.1) is 5.10 Å². The second-order valence-electron chi connectivity index (χ2n) is 7.28. The maximum Gasteiger partial charge on any atom is 0.284 e. The number of anilines is 1. The summed E-state index contributed by atoms with van der Waals surface area (Å²) in [5.74, 6) is -6.04. The molecule has 1 aromatic heterocycles. The first-order valence-electron chi connectivity index (χ1n) is 8.90. The van der Waals surface area contributed by atoms with E-state index < -0.39 is 34.5 Å². The zero-order valence-electron chi connectivity index (χ0n) is 15.8. The second-order valence-corrected chi connectivity index (χ2v) is 9.46.